The van der Waals surface area contributed by atoms with Gasteiger partial charge < -0.3 is 5.11 Å². The number of ketones is 1. The van der Waals surface area contributed by atoms with Crippen LogP contribution in [0.3, 0.4) is 0 Å². The minimum absolute atomic E-state index is 0.295. The molecule has 0 atom stereocenters. The van der Waals surface area contributed by atoms with Crippen LogP contribution >= 0.6 is 11.6 Å². The van der Waals surface area contributed by atoms with E-state index in [0.717, 1.165) is 12.1 Å². The number of nitriles is 1. The zero-order chi connectivity index (χ0) is 12.3. The van der Waals surface area contributed by atoms with Crippen LogP contribution in [0.25, 0.3) is 0 Å². The van der Waals surface area contributed by atoms with E-state index in [1.807, 2.05) is 0 Å². The summed E-state index contributed by atoms with van der Waals surface area (Å²) >= 11 is 5.26. The number of carbonyl (C=O) groups is 1. The molecule has 0 aliphatic carbocycles. The molecule has 0 saturated heterocycles. The van der Waals surface area contributed by atoms with Gasteiger partial charge in [-0.1, -0.05) is 0 Å². The highest BCUT2D eigenvalue weighted by atomic mass is 35.5. The summed E-state index contributed by atoms with van der Waals surface area (Å²) in [6.45, 7) is 0. The van der Waals surface area contributed by atoms with Gasteiger partial charge in [-0.25, -0.2) is 0 Å². The number of hydrogen-bond donors (Lipinski definition) is 1. The van der Waals surface area contributed by atoms with Crippen LogP contribution in [0.5, 0.6) is 5.75 Å². The lowest BCUT2D eigenvalue weighted by atomic mass is 10.0. The molecular formula is C9H5ClN2O4. The number of Topliss-reactive ketones (excluding diaryl/α,β-unsaturated/α-hetero) is 1. The highest BCUT2D eigenvalue weighted by Crippen LogP contribution is 2.31. The lowest BCUT2D eigenvalue weighted by molar-refractivity contribution is -0.385. The molecule has 1 rings (SSSR count). The van der Waals surface area contributed by atoms with Gasteiger partial charge in [0.2, 0.25) is 0 Å². The monoisotopic (exact) mass is 240 g/mol. The van der Waals surface area contributed by atoms with Crippen molar-refractivity contribution in [1.82, 2.24) is 0 Å². The molecule has 6 nitrogen and oxygen atoms in total. The van der Waals surface area contributed by atoms with E-state index in [9.17, 15) is 20.0 Å². The Morgan fingerprint density at radius 1 is 1.62 bits per heavy atom. The molecule has 0 bridgehead atoms. The predicted molar refractivity (Wildman–Crippen MR) is 54.5 cm³/mol. The van der Waals surface area contributed by atoms with Gasteiger partial charge in [0.1, 0.15) is 22.9 Å². The minimum Gasteiger partial charge on any atom is -0.507 e. The molecule has 0 fully saturated rings. The second-order valence-electron chi connectivity index (χ2n) is 2.78. The Labute approximate surface area is 94.8 Å². The number of nitrogens with zero attached hydrogens (tertiary/aromatic N) is 2. The van der Waals surface area contributed by atoms with Gasteiger partial charge in [-0.3, -0.25) is 14.9 Å². The lowest BCUT2D eigenvalue weighted by Gasteiger charge is -2.03. The van der Waals surface area contributed by atoms with Gasteiger partial charge in [0.05, 0.1) is 10.8 Å². The van der Waals surface area contributed by atoms with E-state index >= 15 is 0 Å². The summed E-state index contributed by atoms with van der Waals surface area (Å²) in [5, 5.41) is 28.7. The molecule has 0 amide bonds. The van der Waals surface area contributed by atoms with Gasteiger partial charge in [0, 0.05) is 0 Å². The van der Waals surface area contributed by atoms with Crippen molar-refractivity contribution in [2.45, 2.75) is 0 Å². The molecule has 1 aromatic rings. The number of alkyl halides is 1. The van der Waals surface area contributed by atoms with Crippen molar-refractivity contribution in [2.24, 2.45) is 0 Å². The van der Waals surface area contributed by atoms with Gasteiger partial charge in [-0.2, -0.15) is 5.26 Å². The summed E-state index contributed by atoms with van der Waals surface area (Å²) < 4.78 is 0. The van der Waals surface area contributed by atoms with E-state index in [1.165, 1.54) is 0 Å². The third-order valence-corrected chi connectivity index (χ3v) is 2.10. The van der Waals surface area contributed by atoms with Gasteiger partial charge in [-0.15, -0.1) is 11.6 Å². The van der Waals surface area contributed by atoms with E-state index in [1.54, 1.807) is 6.07 Å². The fourth-order valence-electron chi connectivity index (χ4n) is 1.20. The van der Waals surface area contributed by atoms with E-state index < -0.39 is 33.6 Å². The van der Waals surface area contributed by atoms with Gasteiger partial charge in [-0.05, 0) is 12.1 Å². The number of hydrogen-bond acceptors (Lipinski definition) is 5. The van der Waals surface area contributed by atoms with Gasteiger partial charge in [0.25, 0.3) is 0 Å². The number of phenols is 1. The second kappa shape index (κ2) is 4.59. The third-order valence-electron chi connectivity index (χ3n) is 1.86. The average Bonchev–Trinajstić information content (AvgIpc) is 2.27. The van der Waals surface area contributed by atoms with Crippen molar-refractivity contribution in [3.8, 4) is 11.8 Å². The summed E-state index contributed by atoms with van der Waals surface area (Å²) in [7, 11) is 0. The fraction of sp³-hybridized carbons (Fsp3) is 0.111. The highest BCUT2D eigenvalue weighted by molar-refractivity contribution is 6.31. The van der Waals surface area contributed by atoms with Gasteiger partial charge in [0.15, 0.2) is 5.78 Å². The van der Waals surface area contributed by atoms with Crippen LogP contribution in [0, 0.1) is 21.4 Å². The maximum absolute atomic E-state index is 11.3. The molecule has 0 unspecified atom stereocenters. The Bertz CT molecular complexity index is 507. The number of nitro benzene ring substituents is 1. The smallest absolute Gasteiger partial charge is 0.301 e. The molecule has 0 spiro atoms. The van der Waals surface area contributed by atoms with E-state index in [4.69, 9.17) is 16.9 Å². The first-order valence-electron chi connectivity index (χ1n) is 4.02. The van der Waals surface area contributed by atoms with Crippen LogP contribution < -0.4 is 0 Å². The average molecular weight is 241 g/mol. The van der Waals surface area contributed by atoms with Crippen LogP contribution in [0.1, 0.15) is 15.9 Å². The Balaban J connectivity index is 3.62. The second-order valence-corrected chi connectivity index (χ2v) is 3.05. The maximum Gasteiger partial charge on any atom is 0.301 e. The molecule has 1 aromatic carbocycles. The SMILES string of the molecule is N#Cc1ccc(O)c(C(=O)CCl)c1[N+](=O)[O-]. The molecule has 1 N–H and O–H groups in total. The molecule has 0 heterocycles. The first-order chi connectivity index (χ1) is 7.52. The molecule has 0 saturated carbocycles. The minimum atomic E-state index is -0.891. The highest BCUT2D eigenvalue weighted by Gasteiger charge is 2.27. The van der Waals surface area contributed by atoms with E-state index in [0.29, 0.717) is 0 Å². The molecule has 0 aliphatic rings. The van der Waals surface area contributed by atoms with Crippen molar-refractivity contribution in [3.05, 3.63) is 33.4 Å². The predicted octanol–water partition coefficient (Wildman–Crippen LogP) is 1.59. The lowest BCUT2D eigenvalue weighted by Crippen LogP contribution is -2.07. The quantitative estimate of drug-likeness (QED) is 0.374. The molecule has 7 heteroatoms. The topological polar surface area (TPSA) is 104 Å². The number of carbonyl (C=O) groups excluding carboxylic acids is 1. The standard InChI is InChI=1S/C9H5ClN2O4/c10-3-7(14)8-6(13)2-1-5(4-11)9(8)12(15)16/h1-2,13H,3H2. The van der Waals surface area contributed by atoms with Crippen LogP contribution in [0.15, 0.2) is 12.1 Å². The van der Waals surface area contributed by atoms with Crippen molar-refractivity contribution in [2.75, 3.05) is 5.88 Å². The number of benzene rings is 1. The van der Waals surface area contributed by atoms with E-state index in [-0.39, 0.29) is 5.56 Å². The summed E-state index contributed by atoms with van der Waals surface area (Å²) in [5.74, 6) is -1.87. The number of nitro groups is 1. The molecule has 0 radical (unpaired) electrons. The Hall–Kier alpha value is -2.13. The van der Waals surface area contributed by atoms with Crippen molar-refractivity contribution >= 4 is 23.1 Å². The zero-order valence-electron chi connectivity index (χ0n) is 7.81. The summed E-state index contributed by atoms with van der Waals surface area (Å²) in [6.07, 6.45) is 0. The fourth-order valence-corrected chi connectivity index (χ4v) is 1.34. The van der Waals surface area contributed by atoms with Crippen molar-refractivity contribution in [3.63, 3.8) is 0 Å². The van der Waals surface area contributed by atoms with Crippen LogP contribution in [0.2, 0.25) is 0 Å². The number of halogens is 1. The Morgan fingerprint density at radius 2 is 2.25 bits per heavy atom. The van der Waals surface area contributed by atoms with Crippen molar-refractivity contribution < 1.29 is 14.8 Å². The zero-order valence-corrected chi connectivity index (χ0v) is 8.56. The molecular weight excluding hydrogens is 236 g/mol. The van der Waals surface area contributed by atoms with Crippen LogP contribution in [0.4, 0.5) is 5.69 Å². The Kier molecular flexibility index (Phi) is 3.43. The summed E-state index contributed by atoms with van der Waals surface area (Å²) in [5.41, 5.74) is -1.54. The van der Waals surface area contributed by atoms with Crippen LogP contribution in [-0.4, -0.2) is 21.7 Å². The normalized spacial score (nSPS) is 9.50. The molecule has 0 aromatic heterocycles. The third kappa shape index (κ3) is 1.94. The summed E-state index contributed by atoms with van der Waals surface area (Å²) in [4.78, 5) is 21.2. The van der Waals surface area contributed by atoms with Crippen molar-refractivity contribution in [1.29, 1.82) is 5.26 Å². The molecule has 82 valence electrons. The van der Waals surface area contributed by atoms with Gasteiger partial charge >= 0.3 is 5.69 Å². The maximum atomic E-state index is 11.3. The van der Waals surface area contributed by atoms with E-state index in [2.05, 4.69) is 0 Å². The first kappa shape index (κ1) is 11.9. The number of rotatable bonds is 3. The molecule has 16 heavy (non-hydrogen) atoms. The summed E-state index contributed by atoms with van der Waals surface area (Å²) in [6, 6.07) is 3.69. The number of phenolic OH excluding ortho intramolecular Hbond substituents is 1. The number of aromatic hydroxyl groups is 1. The molecule has 0 aliphatic heterocycles. The first-order valence-corrected chi connectivity index (χ1v) is 4.56. The largest absolute Gasteiger partial charge is 0.507 e. The Morgan fingerprint density at radius 3 is 2.69 bits per heavy atom. The van der Waals surface area contributed by atoms with Crippen LogP contribution in [-0.2, 0) is 0 Å².